The number of halogens is 1. The van der Waals surface area contributed by atoms with Gasteiger partial charge in [0.25, 0.3) is 0 Å². The molecule has 0 amide bonds. The first kappa shape index (κ1) is 15.7. The summed E-state index contributed by atoms with van der Waals surface area (Å²) in [7, 11) is 0. The molecule has 120 valence electrons. The van der Waals surface area contributed by atoms with Gasteiger partial charge in [0.1, 0.15) is 0 Å². The number of tetrazole rings is 1. The second kappa shape index (κ2) is 6.12. The Hall–Kier alpha value is -2.21. The van der Waals surface area contributed by atoms with Crippen LogP contribution in [-0.2, 0) is 4.79 Å². The molecule has 0 bridgehead atoms. The molecule has 0 spiro atoms. The molecular weight excluding hydrogens is 316 g/mol. The first-order valence-electron chi connectivity index (χ1n) is 7.46. The summed E-state index contributed by atoms with van der Waals surface area (Å²) in [5, 5.41) is 21.2. The highest BCUT2D eigenvalue weighted by Gasteiger charge is 2.33. The lowest BCUT2D eigenvalue weighted by molar-refractivity contribution is -0.133. The molecule has 0 saturated heterocycles. The van der Waals surface area contributed by atoms with Crippen molar-refractivity contribution < 1.29 is 9.90 Å². The number of hydrogen-bond acceptors (Lipinski definition) is 4. The molecule has 2 unspecified atom stereocenters. The van der Waals surface area contributed by atoms with Crippen molar-refractivity contribution in [1.29, 1.82) is 0 Å². The Morgan fingerprint density at radius 2 is 2.22 bits per heavy atom. The van der Waals surface area contributed by atoms with Gasteiger partial charge >= 0.3 is 5.97 Å². The van der Waals surface area contributed by atoms with E-state index in [0.717, 1.165) is 24.8 Å². The third-order valence-electron chi connectivity index (χ3n) is 4.49. The van der Waals surface area contributed by atoms with E-state index in [1.54, 1.807) is 11.6 Å². The zero-order valence-electron chi connectivity index (χ0n) is 12.7. The Balaban J connectivity index is 1.92. The van der Waals surface area contributed by atoms with Crippen molar-refractivity contribution in [2.45, 2.75) is 32.1 Å². The number of hydrogen-bond donors (Lipinski definition) is 1. The molecule has 1 saturated carbocycles. The van der Waals surface area contributed by atoms with Gasteiger partial charge in [0, 0.05) is 5.57 Å². The smallest absolute Gasteiger partial charge is 0.331 e. The minimum absolute atomic E-state index is 0.0378. The van der Waals surface area contributed by atoms with Crippen LogP contribution in [0.5, 0.6) is 0 Å². The minimum atomic E-state index is -0.922. The predicted octanol–water partition coefficient (Wildman–Crippen LogP) is 3.15. The van der Waals surface area contributed by atoms with E-state index in [1.165, 1.54) is 0 Å². The number of nitrogens with zero attached hydrogens (tertiary/aromatic N) is 4. The third-order valence-corrected chi connectivity index (χ3v) is 4.79. The van der Waals surface area contributed by atoms with E-state index < -0.39 is 5.97 Å². The quantitative estimate of drug-likeness (QED) is 0.870. The normalized spacial score (nSPS) is 20.6. The predicted molar refractivity (Wildman–Crippen MR) is 85.8 cm³/mol. The lowest BCUT2D eigenvalue weighted by Gasteiger charge is -2.21. The molecule has 3 rings (SSSR count). The summed E-state index contributed by atoms with van der Waals surface area (Å²) in [5.74, 6) is -0.170. The fourth-order valence-corrected chi connectivity index (χ4v) is 3.58. The Morgan fingerprint density at radius 3 is 2.83 bits per heavy atom. The average Bonchev–Trinajstić information content (AvgIpc) is 3.15. The molecular formula is C16H17ClN4O2. The van der Waals surface area contributed by atoms with Crippen LogP contribution in [0.1, 0.15) is 36.6 Å². The van der Waals surface area contributed by atoms with Crippen LogP contribution in [0.4, 0.5) is 0 Å². The highest BCUT2D eigenvalue weighted by atomic mass is 35.5. The second-order valence-electron chi connectivity index (χ2n) is 5.82. The van der Waals surface area contributed by atoms with Crippen molar-refractivity contribution in [3.8, 4) is 5.69 Å². The maximum absolute atomic E-state index is 11.2. The van der Waals surface area contributed by atoms with Crippen LogP contribution in [0.25, 0.3) is 5.69 Å². The molecule has 7 heteroatoms. The first-order valence-corrected chi connectivity index (χ1v) is 7.83. The molecule has 6 nitrogen and oxygen atoms in total. The van der Waals surface area contributed by atoms with Crippen molar-refractivity contribution in [1.82, 2.24) is 20.2 Å². The first-order chi connectivity index (χ1) is 11.0. The van der Waals surface area contributed by atoms with Crippen LogP contribution in [0.15, 0.2) is 30.4 Å². The van der Waals surface area contributed by atoms with E-state index >= 15 is 0 Å². The molecule has 1 aromatic carbocycles. The second-order valence-corrected chi connectivity index (χ2v) is 6.23. The van der Waals surface area contributed by atoms with Crippen molar-refractivity contribution in [3.05, 3.63) is 46.8 Å². The summed E-state index contributed by atoms with van der Waals surface area (Å²) in [5.41, 5.74) is 2.03. The maximum Gasteiger partial charge on any atom is 0.331 e. The fraction of sp³-hybridized carbons (Fsp3) is 0.375. The van der Waals surface area contributed by atoms with Gasteiger partial charge in [-0.3, -0.25) is 0 Å². The molecule has 1 aromatic heterocycles. The fourth-order valence-electron chi connectivity index (χ4n) is 3.31. The van der Waals surface area contributed by atoms with E-state index in [-0.39, 0.29) is 17.4 Å². The van der Waals surface area contributed by atoms with E-state index in [0.29, 0.717) is 16.5 Å². The zero-order chi connectivity index (χ0) is 16.6. The van der Waals surface area contributed by atoms with Gasteiger partial charge in [-0.1, -0.05) is 30.7 Å². The standard InChI is InChI=1S/C16H17ClN4O2/c1-9(16(22)23)12-4-3-5-13(12)11-6-7-15(14(17)8-11)21-10(2)18-19-20-21/h6-8,12-13H,1,3-5H2,2H3,(H,22,23). The SMILES string of the molecule is C=C(C(=O)O)C1CCCC1c1ccc(-n2nnnc2C)c(Cl)c1. The Bertz CT molecular complexity index is 771. The summed E-state index contributed by atoms with van der Waals surface area (Å²) in [6, 6.07) is 5.73. The molecule has 1 aliphatic carbocycles. The molecule has 1 heterocycles. The number of carboxylic acid groups (broad SMARTS) is 1. The van der Waals surface area contributed by atoms with Gasteiger partial charge in [0.05, 0.1) is 10.7 Å². The molecule has 1 N–H and O–H groups in total. The lowest BCUT2D eigenvalue weighted by Crippen LogP contribution is -2.15. The van der Waals surface area contributed by atoms with Gasteiger partial charge in [-0.15, -0.1) is 5.10 Å². The monoisotopic (exact) mass is 332 g/mol. The summed E-state index contributed by atoms with van der Waals surface area (Å²) >= 11 is 6.41. The van der Waals surface area contributed by atoms with Gasteiger partial charge in [-0.25, -0.2) is 4.79 Å². The summed E-state index contributed by atoms with van der Waals surface area (Å²) in [6.45, 7) is 5.54. The van der Waals surface area contributed by atoms with Crippen LogP contribution in [0.2, 0.25) is 5.02 Å². The van der Waals surface area contributed by atoms with E-state index in [4.69, 9.17) is 11.6 Å². The summed E-state index contributed by atoms with van der Waals surface area (Å²) < 4.78 is 1.58. The number of carboxylic acids is 1. The Labute approximate surface area is 138 Å². The van der Waals surface area contributed by atoms with Crippen LogP contribution in [0, 0.1) is 12.8 Å². The Kier molecular flexibility index (Phi) is 4.17. The van der Waals surface area contributed by atoms with Crippen molar-refractivity contribution in [2.24, 2.45) is 5.92 Å². The minimum Gasteiger partial charge on any atom is -0.478 e. The van der Waals surface area contributed by atoms with E-state index in [1.807, 2.05) is 18.2 Å². The number of aryl methyl sites for hydroxylation is 1. The van der Waals surface area contributed by atoms with Crippen LogP contribution < -0.4 is 0 Å². The van der Waals surface area contributed by atoms with Gasteiger partial charge in [-0.2, -0.15) is 4.68 Å². The van der Waals surface area contributed by atoms with Gasteiger partial charge in [-0.05, 0) is 59.7 Å². The number of carbonyl (C=O) groups is 1. The van der Waals surface area contributed by atoms with Crippen molar-refractivity contribution in [2.75, 3.05) is 0 Å². The van der Waals surface area contributed by atoms with Crippen LogP contribution in [-0.4, -0.2) is 31.3 Å². The molecule has 1 aliphatic rings. The molecule has 0 radical (unpaired) electrons. The highest BCUT2D eigenvalue weighted by Crippen LogP contribution is 2.44. The summed E-state index contributed by atoms with van der Waals surface area (Å²) in [6.07, 6.45) is 2.78. The number of aliphatic carboxylic acids is 1. The maximum atomic E-state index is 11.2. The molecule has 2 atom stereocenters. The van der Waals surface area contributed by atoms with Crippen molar-refractivity contribution in [3.63, 3.8) is 0 Å². The van der Waals surface area contributed by atoms with E-state index in [9.17, 15) is 9.90 Å². The van der Waals surface area contributed by atoms with E-state index in [2.05, 4.69) is 22.1 Å². The molecule has 1 fully saturated rings. The topological polar surface area (TPSA) is 80.9 Å². The van der Waals surface area contributed by atoms with Crippen LogP contribution in [0.3, 0.4) is 0 Å². The number of rotatable bonds is 4. The summed E-state index contributed by atoms with van der Waals surface area (Å²) in [4.78, 5) is 11.2. The highest BCUT2D eigenvalue weighted by molar-refractivity contribution is 6.32. The largest absolute Gasteiger partial charge is 0.478 e. The number of benzene rings is 1. The van der Waals surface area contributed by atoms with Crippen molar-refractivity contribution >= 4 is 17.6 Å². The zero-order valence-corrected chi connectivity index (χ0v) is 13.5. The van der Waals surface area contributed by atoms with Crippen LogP contribution >= 0.6 is 11.6 Å². The van der Waals surface area contributed by atoms with Gasteiger partial charge in [0.2, 0.25) is 0 Å². The van der Waals surface area contributed by atoms with Gasteiger partial charge < -0.3 is 5.11 Å². The Morgan fingerprint density at radius 1 is 1.43 bits per heavy atom. The third kappa shape index (κ3) is 2.86. The van der Waals surface area contributed by atoms with Gasteiger partial charge in [0.15, 0.2) is 5.82 Å². The molecule has 0 aliphatic heterocycles. The molecule has 2 aromatic rings. The average molecular weight is 333 g/mol. The lowest BCUT2D eigenvalue weighted by atomic mass is 9.84. The number of aromatic nitrogens is 4. The molecule has 23 heavy (non-hydrogen) atoms.